The molecule has 0 saturated heterocycles. The molecule has 0 aliphatic carbocycles. The third kappa shape index (κ3) is 3.86. The summed E-state index contributed by atoms with van der Waals surface area (Å²) in [6, 6.07) is 13.0. The third-order valence-corrected chi connectivity index (χ3v) is 4.66. The topological polar surface area (TPSA) is 0 Å². The highest BCUT2D eigenvalue weighted by atomic mass is 79.9. The van der Waals surface area contributed by atoms with Gasteiger partial charge in [0, 0.05) is 15.2 Å². The lowest BCUT2D eigenvalue weighted by molar-refractivity contribution is 0.603. The number of rotatable bonds is 4. The predicted octanol–water partition coefficient (Wildman–Crippen LogP) is 5.93. The Morgan fingerprint density at radius 1 is 0.842 bits per heavy atom. The Balaban J connectivity index is 2.08. The summed E-state index contributed by atoms with van der Waals surface area (Å²) in [7, 11) is 0. The lowest BCUT2D eigenvalue weighted by Gasteiger charge is -2.16. The summed E-state index contributed by atoms with van der Waals surface area (Å²) in [4.78, 5) is -0.0554. The van der Waals surface area contributed by atoms with Gasteiger partial charge in [0.25, 0.3) is 0 Å². The minimum absolute atomic E-state index is 0.0390. The van der Waals surface area contributed by atoms with Crippen LogP contribution in [0.15, 0.2) is 48.5 Å². The van der Waals surface area contributed by atoms with Gasteiger partial charge >= 0.3 is 0 Å². The number of hydrogen-bond donors (Lipinski definition) is 0. The first kappa shape index (κ1) is 14.7. The van der Waals surface area contributed by atoms with E-state index in [0.29, 0.717) is 12.0 Å². The molecule has 2 rings (SSSR count). The molecular weight excluding hydrogens is 378 g/mol. The maximum Gasteiger partial charge on any atom is 0.127 e. The Kier molecular flexibility index (Phi) is 5.11. The normalized spacial score (nSPS) is 14.1. The van der Waals surface area contributed by atoms with Gasteiger partial charge < -0.3 is 0 Å². The van der Waals surface area contributed by atoms with Gasteiger partial charge in [0.2, 0.25) is 0 Å². The van der Waals surface area contributed by atoms with Crippen LogP contribution in [0, 0.1) is 11.6 Å². The lowest BCUT2D eigenvalue weighted by Crippen LogP contribution is -1.99. The largest absolute Gasteiger partial charge is 0.207 e. The zero-order chi connectivity index (χ0) is 13.8. The molecule has 0 N–H and O–H groups in total. The molecule has 2 aromatic carbocycles. The van der Waals surface area contributed by atoms with E-state index < -0.39 is 0 Å². The molecule has 0 bridgehead atoms. The second kappa shape index (κ2) is 6.62. The van der Waals surface area contributed by atoms with Crippen molar-refractivity contribution in [1.29, 1.82) is 0 Å². The Morgan fingerprint density at radius 2 is 1.47 bits per heavy atom. The molecule has 2 atom stereocenters. The zero-order valence-electron chi connectivity index (χ0n) is 9.99. The molecule has 100 valence electrons. The first-order chi connectivity index (χ1) is 9.08. The third-order valence-electron chi connectivity index (χ3n) is 2.89. The fourth-order valence-corrected chi connectivity index (χ4v) is 3.77. The Bertz CT molecular complexity index is 540. The predicted molar refractivity (Wildman–Crippen MR) is 80.8 cm³/mol. The molecule has 0 saturated carbocycles. The molecule has 0 heterocycles. The number of benzene rings is 2. The molecule has 2 aromatic rings. The van der Waals surface area contributed by atoms with Gasteiger partial charge in [-0.15, -0.1) is 0 Å². The van der Waals surface area contributed by atoms with Crippen LogP contribution in [-0.4, -0.2) is 0 Å². The summed E-state index contributed by atoms with van der Waals surface area (Å²) < 4.78 is 26.5. The highest BCUT2D eigenvalue weighted by Crippen LogP contribution is 2.38. The molecule has 0 nitrogen and oxygen atoms in total. The van der Waals surface area contributed by atoms with E-state index in [1.54, 1.807) is 24.3 Å². The highest BCUT2D eigenvalue weighted by molar-refractivity contribution is 9.09. The quantitative estimate of drug-likeness (QED) is 0.568. The van der Waals surface area contributed by atoms with Crippen molar-refractivity contribution in [1.82, 2.24) is 0 Å². The van der Waals surface area contributed by atoms with Gasteiger partial charge in [-0.1, -0.05) is 62.2 Å². The summed E-state index contributed by atoms with van der Waals surface area (Å²) in [5.74, 6) is -0.476. The van der Waals surface area contributed by atoms with Crippen LogP contribution < -0.4 is 0 Å². The fraction of sp³-hybridized carbons (Fsp3) is 0.200. The maximum atomic E-state index is 13.7. The van der Waals surface area contributed by atoms with Gasteiger partial charge in [-0.2, -0.15) is 0 Å². The van der Waals surface area contributed by atoms with Crippen molar-refractivity contribution in [3.05, 3.63) is 71.3 Å². The van der Waals surface area contributed by atoms with E-state index in [4.69, 9.17) is 0 Å². The molecule has 4 heteroatoms. The SMILES string of the molecule is Fc1ccc(C(Br)CC(Br)c2ccccc2F)cc1. The maximum absolute atomic E-state index is 13.7. The summed E-state index contributed by atoms with van der Waals surface area (Å²) in [6.45, 7) is 0. The van der Waals surface area contributed by atoms with E-state index in [2.05, 4.69) is 31.9 Å². The number of hydrogen-bond acceptors (Lipinski definition) is 0. The Morgan fingerprint density at radius 3 is 2.11 bits per heavy atom. The minimum atomic E-state index is -0.257. The molecule has 0 aliphatic rings. The first-order valence-corrected chi connectivity index (χ1v) is 7.69. The molecule has 0 spiro atoms. The van der Waals surface area contributed by atoms with Crippen LogP contribution in [-0.2, 0) is 0 Å². The van der Waals surface area contributed by atoms with Crippen LogP contribution in [0.25, 0.3) is 0 Å². The molecular formula is C15H12Br2F2. The summed E-state index contributed by atoms with van der Waals surface area (Å²) >= 11 is 7.06. The monoisotopic (exact) mass is 388 g/mol. The Labute approximate surface area is 128 Å². The van der Waals surface area contributed by atoms with Crippen molar-refractivity contribution in [2.45, 2.75) is 16.1 Å². The van der Waals surface area contributed by atoms with Crippen LogP contribution in [0.5, 0.6) is 0 Å². The standard InChI is InChI=1S/C15H12Br2F2/c16-13(10-5-7-11(18)8-6-10)9-14(17)12-3-1-2-4-15(12)19/h1-8,13-14H,9H2. The minimum Gasteiger partial charge on any atom is -0.207 e. The van der Waals surface area contributed by atoms with Crippen molar-refractivity contribution in [2.24, 2.45) is 0 Å². The average molecular weight is 390 g/mol. The van der Waals surface area contributed by atoms with E-state index >= 15 is 0 Å². The van der Waals surface area contributed by atoms with Gasteiger partial charge in [-0.3, -0.25) is 0 Å². The lowest BCUT2D eigenvalue weighted by atomic mass is 10.0. The molecule has 0 aromatic heterocycles. The van der Waals surface area contributed by atoms with Crippen LogP contribution in [0.3, 0.4) is 0 Å². The molecule has 0 fully saturated rings. The summed E-state index contributed by atoms with van der Waals surface area (Å²) in [5.41, 5.74) is 1.61. The smallest absolute Gasteiger partial charge is 0.127 e. The number of halogens is 4. The second-order valence-electron chi connectivity index (χ2n) is 4.24. The second-order valence-corrected chi connectivity index (χ2v) is 6.45. The summed E-state index contributed by atoms with van der Waals surface area (Å²) in [6.07, 6.45) is 0.673. The van der Waals surface area contributed by atoms with E-state index in [0.717, 1.165) is 5.56 Å². The van der Waals surface area contributed by atoms with Gasteiger partial charge in [-0.25, -0.2) is 8.78 Å². The van der Waals surface area contributed by atoms with Crippen LogP contribution in [0.4, 0.5) is 8.78 Å². The van der Waals surface area contributed by atoms with Crippen molar-refractivity contribution in [2.75, 3.05) is 0 Å². The highest BCUT2D eigenvalue weighted by Gasteiger charge is 2.17. The zero-order valence-corrected chi connectivity index (χ0v) is 13.2. The molecule has 19 heavy (non-hydrogen) atoms. The number of alkyl halides is 2. The van der Waals surface area contributed by atoms with E-state index in [-0.39, 0.29) is 21.3 Å². The van der Waals surface area contributed by atoms with E-state index in [1.807, 2.05) is 6.07 Å². The van der Waals surface area contributed by atoms with Crippen molar-refractivity contribution < 1.29 is 8.78 Å². The van der Waals surface area contributed by atoms with Crippen molar-refractivity contribution in [3.63, 3.8) is 0 Å². The van der Waals surface area contributed by atoms with Crippen molar-refractivity contribution in [3.8, 4) is 0 Å². The molecule has 0 radical (unpaired) electrons. The van der Waals surface area contributed by atoms with E-state index in [1.165, 1.54) is 18.2 Å². The van der Waals surface area contributed by atoms with E-state index in [9.17, 15) is 8.78 Å². The molecule has 0 amide bonds. The summed E-state index contributed by atoms with van der Waals surface area (Å²) in [5, 5.41) is 0. The van der Waals surface area contributed by atoms with Gasteiger partial charge in [0.15, 0.2) is 0 Å². The van der Waals surface area contributed by atoms with Crippen LogP contribution >= 0.6 is 31.9 Å². The van der Waals surface area contributed by atoms with Gasteiger partial charge in [0.05, 0.1) is 0 Å². The fourth-order valence-electron chi connectivity index (χ4n) is 1.85. The van der Waals surface area contributed by atoms with Crippen LogP contribution in [0.1, 0.15) is 27.2 Å². The average Bonchev–Trinajstić information content (AvgIpc) is 2.39. The van der Waals surface area contributed by atoms with Gasteiger partial charge in [0.1, 0.15) is 11.6 Å². The van der Waals surface area contributed by atoms with Crippen molar-refractivity contribution >= 4 is 31.9 Å². The molecule has 0 aliphatic heterocycles. The Hall–Kier alpha value is -0.740. The first-order valence-electron chi connectivity index (χ1n) is 5.86. The van der Waals surface area contributed by atoms with Gasteiger partial charge in [-0.05, 0) is 30.2 Å². The van der Waals surface area contributed by atoms with Crippen LogP contribution in [0.2, 0.25) is 0 Å². The molecule has 2 unspecified atom stereocenters.